The number of halogens is 1. The molecule has 0 radical (unpaired) electrons. The van der Waals surface area contributed by atoms with Crippen LogP contribution in [0.4, 0.5) is 10.1 Å². The SMILES string of the molecule is CC(O)CCCNS(=O)(=O)c1ccc(F)cc1[N+](=O)[O-]. The van der Waals surface area contributed by atoms with Crippen LogP contribution in [0.3, 0.4) is 0 Å². The van der Waals surface area contributed by atoms with E-state index in [1.165, 1.54) is 0 Å². The molecule has 0 bridgehead atoms. The minimum atomic E-state index is -4.09. The number of nitro benzene ring substituents is 1. The average molecular weight is 306 g/mol. The summed E-state index contributed by atoms with van der Waals surface area (Å²) in [6.07, 6.45) is 0.222. The van der Waals surface area contributed by atoms with Crippen molar-refractivity contribution >= 4 is 15.7 Å². The number of hydrogen-bond donors (Lipinski definition) is 2. The summed E-state index contributed by atoms with van der Waals surface area (Å²) in [7, 11) is -4.09. The summed E-state index contributed by atoms with van der Waals surface area (Å²) in [5.41, 5.74) is -0.812. The van der Waals surface area contributed by atoms with Crippen LogP contribution in [-0.4, -0.2) is 31.1 Å². The number of hydrogen-bond acceptors (Lipinski definition) is 5. The number of rotatable bonds is 7. The third kappa shape index (κ3) is 4.51. The molecule has 1 aromatic carbocycles. The Balaban J connectivity index is 2.90. The summed E-state index contributed by atoms with van der Waals surface area (Å²) in [6, 6.07) is 2.26. The number of nitrogens with one attached hydrogen (secondary N) is 1. The van der Waals surface area contributed by atoms with E-state index in [1.54, 1.807) is 6.92 Å². The number of aliphatic hydroxyl groups excluding tert-OH is 1. The molecular formula is C11H15FN2O5S. The van der Waals surface area contributed by atoms with Crippen molar-refractivity contribution in [2.45, 2.75) is 30.8 Å². The third-order valence-electron chi connectivity index (χ3n) is 2.50. The highest BCUT2D eigenvalue weighted by Crippen LogP contribution is 2.24. The van der Waals surface area contributed by atoms with Crippen molar-refractivity contribution in [1.29, 1.82) is 0 Å². The molecule has 112 valence electrons. The number of benzene rings is 1. The Bertz CT molecular complexity index is 588. The van der Waals surface area contributed by atoms with Gasteiger partial charge in [-0.2, -0.15) is 0 Å². The lowest BCUT2D eigenvalue weighted by Crippen LogP contribution is -2.26. The molecule has 0 fully saturated rings. The highest BCUT2D eigenvalue weighted by atomic mass is 32.2. The Morgan fingerprint density at radius 1 is 1.50 bits per heavy atom. The van der Waals surface area contributed by atoms with E-state index in [0.29, 0.717) is 18.9 Å². The maximum atomic E-state index is 12.9. The van der Waals surface area contributed by atoms with Crippen LogP contribution in [0.25, 0.3) is 0 Å². The molecule has 0 aliphatic carbocycles. The lowest BCUT2D eigenvalue weighted by Gasteiger charge is -2.08. The van der Waals surface area contributed by atoms with Gasteiger partial charge in [0, 0.05) is 6.54 Å². The van der Waals surface area contributed by atoms with Gasteiger partial charge in [0.25, 0.3) is 5.69 Å². The highest BCUT2D eigenvalue weighted by Gasteiger charge is 2.25. The number of aliphatic hydroxyl groups is 1. The number of sulfonamides is 1. The van der Waals surface area contributed by atoms with Crippen molar-refractivity contribution in [3.8, 4) is 0 Å². The van der Waals surface area contributed by atoms with Gasteiger partial charge in [-0.3, -0.25) is 10.1 Å². The molecule has 0 aliphatic heterocycles. The van der Waals surface area contributed by atoms with Crippen molar-refractivity contribution in [3.05, 3.63) is 34.1 Å². The smallest absolute Gasteiger partial charge is 0.292 e. The fourth-order valence-electron chi connectivity index (χ4n) is 1.54. The first-order valence-electron chi connectivity index (χ1n) is 5.85. The summed E-state index contributed by atoms with van der Waals surface area (Å²) in [5.74, 6) is -0.884. The first-order chi connectivity index (χ1) is 9.24. The third-order valence-corrected chi connectivity index (χ3v) is 4.01. The van der Waals surface area contributed by atoms with Crippen LogP contribution in [0.15, 0.2) is 23.1 Å². The molecule has 1 unspecified atom stereocenters. The maximum absolute atomic E-state index is 12.9. The van der Waals surface area contributed by atoms with E-state index < -0.39 is 37.5 Å². The molecule has 20 heavy (non-hydrogen) atoms. The van der Waals surface area contributed by atoms with Crippen molar-refractivity contribution < 1.29 is 22.8 Å². The number of nitro groups is 1. The Hall–Kier alpha value is -1.58. The van der Waals surface area contributed by atoms with Crippen molar-refractivity contribution in [3.63, 3.8) is 0 Å². The van der Waals surface area contributed by atoms with Gasteiger partial charge in [-0.25, -0.2) is 17.5 Å². The van der Waals surface area contributed by atoms with Gasteiger partial charge in [0.1, 0.15) is 5.82 Å². The zero-order valence-electron chi connectivity index (χ0n) is 10.7. The van der Waals surface area contributed by atoms with Gasteiger partial charge < -0.3 is 5.11 Å². The Morgan fingerprint density at radius 2 is 2.15 bits per heavy atom. The van der Waals surface area contributed by atoms with Crippen molar-refractivity contribution in [1.82, 2.24) is 4.72 Å². The lowest BCUT2D eigenvalue weighted by molar-refractivity contribution is -0.388. The van der Waals surface area contributed by atoms with Crippen LogP contribution in [0.5, 0.6) is 0 Å². The fraction of sp³-hybridized carbons (Fsp3) is 0.455. The van der Waals surface area contributed by atoms with Crippen LogP contribution in [0.1, 0.15) is 19.8 Å². The molecule has 0 aliphatic rings. The van der Waals surface area contributed by atoms with E-state index in [0.717, 1.165) is 12.1 Å². The minimum absolute atomic E-state index is 0.0295. The van der Waals surface area contributed by atoms with E-state index in [1.807, 2.05) is 0 Å². The van der Waals surface area contributed by atoms with Gasteiger partial charge in [0.05, 0.1) is 17.1 Å². The first-order valence-corrected chi connectivity index (χ1v) is 7.34. The second kappa shape index (κ2) is 6.73. The van der Waals surface area contributed by atoms with E-state index in [4.69, 9.17) is 5.11 Å². The predicted octanol–water partition coefficient (Wildman–Crippen LogP) is 1.17. The van der Waals surface area contributed by atoms with Gasteiger partial charge in [0.2, 0.25) is 10.0 Å². The van der Waals surface area contributed by atoms with Crippen LogP contribution in [-0.2, 0) is 10.0 Å². The highest BCUT2D eigenvalue weighted by molar-refractivity contribution is 7.89. The van der Waals surface area contributed by atoms with E-state index >= 15 is 0 Å². The lowest BCUT2D eigenvalue weighted by atomic mass is 10.2. The van der Waals surface area contributed by atoms with E-state index in [-0.39, 0.29) is 6.54 Å². The van der Waals surface area contributed by atoms with Gasteiger partial charge in [-0.05, 0) is 31.9 Å². The molecule has 0 saturated heterocycles. The van der Waals surface area contributed by atoms with Gasteiger partial charge in [0.15, 0.2) is 4.90 Å². The zero-order valence-corrected chi connectivity index (χ0v) is 11.6. The summed E-state index contributed by atoms with van der Waals surface area (Å²) in [4.78, 5) is 9.22. The topological polar surface area (TPSA) is 110 Å². The molecule has 1 aromatic rings. The summed E-state index contributed by atoms with van der Waals surface area (Å²) < 4.78 is 38.9. The van der Waals surface area contributed by atoms with E-state index in [9.17, 15) is 22.9 Å². The Morgan fingerprint density at radius 3 is 2.70 bits per heavy atom. The Kier molecular flexibility index (Phi) is 5.54. The molecule has 9 heteroatoms. The van der Waals surface area contributed by atoms with Gasteiger partial charge in [-0.15, -0.1) is 0 Å². The minimum Gasteiger partial charge on any atom is -0.393 e. The van der Waals surface area contributed by atoms with Crippen LogP contribution in [0.2, 0.25) is 0 Å². The normalized spacial score (nSPS) is 13.2. The van der Waals surface area contributed by atoms with Gasteiger partial charge >= 0.3 is 0 Å². The van der Waals surface area contributed by atoms with Crippen molar-refractivity contribution in [2.75, 3.05) is 6.54 Å². The zero-order chi connectivity index (χ0) is 15.3. The molecule has 0 amide bonds. The van der Waals surface area contributed by atoms with Crippen LogP contribution < -0.4 is 4.72 Å². The fourth-order valence-corrected chi connectivity index (χ4v) is 2.77. The van der Waals surface area contributed by atoms with Crippen LogP contribution >= 0.6 is 0 Å². The molecule has 0 heterocycles. The summed E-state index contributed by atoms with van der Waals surface area (Å²) in [6.45, 7) is 1.60. The first kappa shape index (κ1) is 16.5. The Labute approximate surface area is 115 Å². The van der Waals surface area contributed by atoms with E-state index in [2.05, 4.69) is 4.72 Å². The standard InChI is InChI=1S/C11H15FN2O5S/c1-8(15)3-2-6-13-20(18,19)11-5-4-9(12)7-10(11)14(16)17/h4-5,7-8,13,15H,2-3,6H2,1H3. The summed E-state index contributed by atoms with van der Waals surface area (Å²) >= 11 is 0. The molecule has 1 atom stereocenters. The maximum Gasteiger partial charge on any atom is 0.292 e. The monoisotopic (exact) mass is 306 g/mol. The average Bonchev–Trinajstić information content (AvgIpc) is 2.34. The van der Waals surface area contributed by atoms with Crippen molar-refractivity contribution in [2.24, 2.45) is 0 Å². The van der Waals surface area contributed by atoms with Gasteiger partial charge in [-0.1, -0.05) is 0 Å². The largest absolute Gasteiger partial charge is 0.393 e. The second-order valence-corrected chi connectivity index (χ2v) is 5.99. The molecule has 0 aromatic heterocycles. The van der Waals surface area contributed by atoms with Crippen LogP contribution in [0, 0.1) is 15.9 Å². The molecule has 0 spiro atoms. The second-order valence-electron chi connectivity index (χ2n) is 4.26. The molecule has 7 nitrogen and oxygen atoms in total. The molecular weight excluding hydrogens is 291 g/mol. The predicted molar refractivity (Wildman–Crippen MR) is 69.2 cm³/mol. The molecule has 1 rings (SSSR count). The number of nitrogens with zero attached hydrogens (tertiary/aromatic N) is 1. The summed E-state index contributed by atoms with van der Waals surface area (Å²) in [5, 5.41) is 19.8. The quantitative estimate of drug-likeness (QED) is 0.446. The molecule has 0 saturated carbocycles. The molecule has 2 N–H and O–H groups in total.